The van der Waals surface area contributed by atoms with Gasteiger partial charge in [-0.15, -0.1) is 0 Å². The molecule has 1 unspecified atom stereocenters. The van der Waals surface area contributed by atoms with Gasteiger partial charge in [-0.1, -0.05) is 12.1 Å². The molecule has 76 valence electrons. The Labute approximate surface area is 86.6 Å². The van der Waals surface area contributed by atoms with E-state index in [0.29, 0.717) is 0 Å². The Bertz CT molecular complexity index is 511. The number of hydrogen-bond acceptors (Lipinski definition) is 3. The molecule has 1 heterocycles. The molecule has 1 N–H and O–H groups in total. The van der Waals surface area contributed by atoms with Gasteiger partial charge in [0.2, 0.25) is 0 Å². The molecule has 0 aliphatic heterocycles. The van der Waals surface area contributed by atoms with Crippen molar-refractivity contribution >= 4 is 16.7 Å². The molecule has 4 nitrogen and oxygen atoms in total. The lowest BCUT2D eigenvalue weighted by Crippen LogP contribution is -2.07. The lowest BCUT2D eigenvalue weighted by Gasteiger charge is -2.06. The first-order valence-corrected chi connectivity index (χ1v) is 4.61. The standard InChI is InChI=1S/C11H10N2O2/c1-7(11(14)15)8-2-3-9-5-12-13-6-10(9)4-8/h2-7H,1H3,(H,14,15). The van der Waals surface area contributed by atoms with Crippen LogP contribution in [0, 0.1) is 0 Å². The van der Waals surface area contributed by atoms with Gasteiger partial charge < -0.3 is 5.11 Å². The Morgan fingerprint density at radius 3 is 2.60 bits per heavy atom. The molecule has 1 atom stereocenters. The molecule has 0 aliphatic rings. The predicted molar refractivity (Wildman–Crippen MR) is 55.6 cm³/mol. The van der Waals surface area contributed by atoms with Crippen molar-refractivity contribution < 1.29 is 9.90 Å². The molecule has 1 aromatic carbocycles. The van der Waals surface area contributed by atoms with Crippen molar-refractivity contribution in [2.45, 2.75) is 12.8 Å². The van der Waals surface area contributed by atoms with Crippen molar-refractivity contribution in [3.8, 4) is 0 Å². The Morgan fingerprint density at radius 1 is 1.27 bits per heavy atom. The van der Waals surface area contributed by atoms with Gasteiger partial charge in [-0.2, -0.15) is 10.2 Å². The summed E-state index contributed by atoms with van der Waals surface area (Å²) in [6.07, 6.45) is 3.29. The van der Waals surface area contributed by atoms with Gasteiger partial charge >= 0.3 is 5.97 Å². The highest BCUT2D eigenvalue weighted by Gasteiger charge is 2.13. The fourth-order valence-electron chi connectivity index (χ4n) is 1.43. The molecule has 0 radical (unpaired) electrons. The van der Waals surface area contributed by atoms with Crippen LogP contribution >= 0.6 is 0 Å². The molecular weight excluding hydrogens is 192 g/mol. The summed E-state index contributed by atoms with van der Waals surface area (Å²) in [6, 6.07) is 5.50. The lowest BCUT2D eigenvalue weighted by molar-refractivity contribution is -0.138. The second-order valence-electron chi connectivity index (χ2n) is 3.44. The third kappa shape index (κ3) is 1.79. The van der Waals surface area contributed by atoms with E-state index in [1.807, 2.05) is 18.2 Å². The van der Waals surface area contributed by atoms with Gasteiger partial charge in [-0.3, -0.25) is 4.79 Å². The van der Waals surface area contributed by atoms with E-state index < -0.39 is 11.9 Å². The number of nitrogens with zero attached hydrogens (tertiary/aromatic N) is 2. The maximum Gasteiger partial charge on any atom is 0.310 e. The fourth-order valence-corrected chi connectivity index (χ4v) is 1.43. The van der Waals surface area contributed by atoms with E-state index in [4.69, 9.17) is 5.11 Å². The molecule has 0 saturated carbocycles. The van der Waals surface area contributed by atoms with Crippen LogP contribution < -0.4 is 0 Å². The number of carboxylic acid groups (broad SMARTS) is 1. The molecule has 2 rings (SSSR count). The van der Waals surface area contributed by atoms with Gasteiger partial charge in [0.1, 0.15) is 0 Å². The Morgan fingerprint density at radius 2 is 1.93 bits per heavy atom. The molecular formula is C11H10N2O2. The van der Waals surface area contributed by atoms with Crippen LogP contribution in [0.2, 0.25) is 0 Å². The molecule has 15 heavy (non-hydrogen) atoms. The van der Waals surface area contributed by atoms with Gasteiger partial charge in [-0.25, -0.2) is 0 Å². The normalized spacial score (nSPS) is 12.6. The topological polar surface area (TPSA) is 63.1 Å². The van der Waals surface area contributed by atoms with E-state index in [9.17, 15) is 4.79 Å². The zero-order chi connectivity index (χ0) is 10.8. The minimum absolute atomic E-state index is 0.498. The Hall–Kier alpha value is -1.97. The zero-order valence-corrected chi connectivity index (χ0v) is 8.21. The molecule has 4 heteroatoms. The number of fused-ring (bicyclic) bond motifs is 1. The van der Waals surface area contributed by atoms with Gasteiger partial charge in [-0.05, 0) is 18.6 Å². The van der Waals surface area contributed by atoms with Crippen LogP contribution in [0.3, 0.4) is 0 Å². The van der Waals surface area contributed by atoms with E-state index in [1.165, 1.54) is 0 Å². The van der Waals surface area contributed by atoms with Crippen molar-refractivity contribution in [3.63, 3.8) is 0 Å². The number of carboxylic acids is 1. The minimum atomic E-state index is -0.823. The molecule has 0 fully saturated rings. The summed E-state index contributed by atoms with van der Waals surface area (Å²) in [5, 5.41) is 18.3. The highest BCUT2D eigenvalue weighted by atomic mass is 16.4. The monoisotopic (exact) mass is 202 g/mol. The molecule has 0 spiro atoms. The molecule has 0 saturated heterocycles. The molecule has 2 aromatic rings. The van der Waals surface area contributed by atoms with Crippen molar-refractivity contribution in [3.05, 3.63) is 36.2 Å². The van der Waals surface area contributed by atoms with Crippen LogP contribution in [-0.4, -0.2) is 21.3 Å². The minimum Gasteiger partial charge on any atom is -0.481 e. The number of rotatable bonds is 2. The summed E-state index contributed by atoms with van der Waals surface area (Å²) in [4.78, 5) is 10.8. The van der Waals surface area contributed by atoms with Crippen molar-refractivity contribution in [2.24, 2.45) is 0 Å². The van der Waals surface area contributed by atoms with Gasteiger partial charge in [0, 0.05) is 10.8 Å². The first kappa shape index (κ1) is 9.58. The molecule has 0 aliphatic carbocycles. The molecule has 0 amide bonds. The second kappa shape index (κ2) is 3.65. The smallest absolute Gasteiger partial charge is 0.310 e. The van der Waals surface area contributed by atoms with Crippen LogP contribution in [0.4, 0.5) is 0 Å². The quantitative estimate of drug-likeness (QED) is 0.806. The van der Waals surface area contributed by atoms with Crippen molar-refractivity contribution in [1.82, 2.24) is 10.2 Å². The van der Waals surface area contributed by atoms with E-state index in [0.717, 1.165) is 16.3 Å². The Balaban J connectivity index is 2.51. The van der Waals surface area contributed by atoms with Crippen LogP contribution in [0.5, 0.6) is 0 Å². The summed E-state index contributed by atoms with van der Waals surface area (Å²) >= 11 is 0. The van der Waals surface area contributed by atoms with Crippen molar-refractivity contribution in [1.29, 1.82) is 0 Å². The van der Waals surface area contributed by atoms with Crippen molar-refractivity contribution in [2.75, 3.05) is 0 Å². The van der Waals surface area contributed by atoms with Crippen LogP contribution in [0.25, 0.3) is 10.8 Å². The number of benzene rings is 1. The van der Waals surface area contributed by atoms with E-state index in [1.54, 1.807) is 19.3 Å². The molecule has 1 aromatic heterocycles. The van der Waals surface area contributed by atoms with Crippen LogP contribution in [0.15, 0.2) is 30.6 Å². The first-order valence-electron chi connectivity index (χ1n) is 4.61. The average Bonchev–Trinajstić information content (AvgIpc) is 2.27. The number of hydrogen-bond donors (Lipinski definition) is 1. The summed E-state index contributed by atoms with van der Waals surface area (Å²) in [5.41, 5.74) is 0.781. The third-order valence-corrected chi connectivity index (χ3v) is 2.44. The fraction of sp³-hybridized carbons (Fsp3) is 0.182. The largest absolute Gasteiger partial charge is 0.481 e. The summed E-state index contributed by atoms with van der Waals surface area (Å²) in [7, 11) is 0. The lowest BCUT2D eigenvalue weighted by atomic mass is 9.99. The summed E-state index contributed by atoms with van der Waals surface area (Å²) < 4.78 is 0. The number of carbonyl (C=O) groups is 1. The predicted octanol–water partition coefficient (Wildman–Crippen LogP) is 1.82. The summed E-state index contributed by atoms with van der Waals surface area (Å²) in [5.74, 6) is -1.32. The zero-order valence-electron chi connectivity index (χ0n) is 8.21. The SMILES string of the molecule is CC(C(=O)O)c1ccc2cnncc2c1. The highest BCUT2D eigenvalue weighted by Crippen LogP contribution is 2.20. The van der Waals surface area contributed by atoms with Gasteiger partial charge in [0.25, 0.3) is 0 Å². The highest BCUT2D eigenvalue weighted by molar-refractivity contribution is 5.84. The third-order valence-electron chi connectivity index (χ3n) is 2.44. The maximum atomic E-state index is 10.8. The van der Waals surface area contributed by atoms with Gasteiger partial charge in [0.15, 0.2) is 0 Å². The maximum absolute atomic E-state index is 10.8. The van der Waals surface area contributed by atoms with E-state index >= 15 is 0 Å². The van der Waals surface area contributed by atoms with Crippen LogP contribution in [0.1, 0.15) is 18.4 Å². The van der Waals surface area contributed by atoms with E-state index in [-0.39, 0.29) is 0 Å². The van der Waals surface area contributed by atoms with Crippen LogP contribution in [-0.2, 0) is 4.79 Å². The number of aliphatic carboxylic acids is 1. The average molecular weight is 202 g/mol. The first-order chi connectivity index (χ1) is 7.18. The van der Waals surface area contributed by atoms with E-state index in [2.05, 4.69) is 10.2 Å². The number of aromatic nitrogens is 2. The molecule has 0 bridgehead atoms. The summed E-state index contributed by atoms with van der Waals surface area (Å²) in [6.45, 7) is 1.66. The Kier molecular flexibility index (Phi) is 2.33. The van der Waals surface area contributed by atoms with Gasteiger partial charge in [0.05, 0.1) is 18.3 Å². The second-order valence-corrected chi connectivity index (χ2v) is 3.44.